The molecule has 1 heterocycles. The van der Waals surface area contributed by atoms with Crippen molar-refractivity contribution in [1.29, 1.82) is 5.41 Å². The van der Waals surface area contributed by atoms with Gasteiger partial charge in [-0.1, -0.05) is 6.42 Å². The standard InChI is InChI=1S/C11H20N2S/c1-14-11(6-4-7-11)9-13-8-3-2-5-10(13)12/h12H,2-9H2,1H3. The molecule has 1 aliphatic heterocycles. The molecule has 1 aliphatic carbocycles. The third-order valence-corrected chi connectivity index (χ3v) is 5.05. The lowest BCUT2D eigenvalue weighted by molar-refractivity contribution is 0.258. The number of rotatable bonds is 3. The highest BCUT2D eigenvalue weighted by molar-refractivity contribution is 8.00. The molecule has 0 aromatic heterocycles. The van der Waals surface area contributed by atoms with Crippen LogP contribution in [0.1, 0.15) is 38.5 Å². The summed E-state index contributed by atoms with van der Waals surface area (Å²) in [6.07, 6.45) is 9.85. The first-order valence-electron chi connectivity index (χ1n) is 5.63. The van der Waals surface area contributed by atoms with Crippen molar-refractivity contribution in [2.45, 2.75) is 43.3 Å². The summed E-state index contributed by atoms with van der Waals surface area (Å²) in [6, 6.07) is 0. The maximum Gasteiger partial charge on any atom is 0.0958 e. The number of nitrogens with zero attached hydrogens (tertiary/aromatic N) is 1. The summed E-state index contributed by atoms with van der Waals surface area (Å²) in [5.74, 6) is 0.886. The molecular formula is C11H20N2S. The van der Waals surface area contributed by atoms with Crippen LogP contribution in [0.25, 0.3) is 0 Å². The van der Waals surface area contributed by atoms with Crippen LogP contribution in [0, 0.1) is 5.41 Å². The maximum atomic E-state index is 7.92. The first-order valence-corrected chi connectivity index (χ1v) is 6.86. The topological polar surface area (TPSA) is 27.1 Å². The van der Waals surface area contributed by atoms with E-state index in [0.29, 0.717) is 4.75 Å². The molecule has 1 saturated heterocycles. The van der Waals surface area contributed by atoms with Gasteiger partial charge in [0.25, 0.3) is 0 Å². The van der Waals surface area contributed by atoms with Crippen molar-refractivity contribution in [3.63, 3.8) is 0 Å². The highest BCUT2D eigenvalue weighted by atomic mass is 32.2. The fourth-order valence-electron chi connectivity index (χ4n) is 2.41. The van der Waals surface area contributed by atoms with Gasteiger partial charge >= 0.3 is 0 Å². The lowest BCUT2D eigenvalue weighted by atomic mass is 9.83. The van der Waals surface area contributed by atoms with E-state index in [4.69, 9.17) is 5.41 Å². The molecule has 0 aromatic rings. The fourth-order valence-corrected chi connectivity index (χ4v) is 3.39. The van der Waals surface area contributed by atoms with Crippen molar-refractivity contribution >= 4 is 17.6 Å². The van der Waals surface area contributed by atoms with Gasteiger partial charge in [-0.2, -0.15) is 11.8 Å². The third kappa shape index (κ3) is 1.92. The molecule has 2 rings (SSSR count). The Labute approximate surface area is 90.9 Å². The SMILES string of the molecule is CSC1(CN2CCCCC2=N)CCC1. The van der Waals surface area contributed by atoms with Gasteiger partial charge in [0.15, 0.2) is 0 Å². The van der Waals surface area contributed by atoms with E-state index in [-0.39, 0.29) is 0 Å². The summed E-state index contributed by atoms with van der Waals surface area (Å²) in [5.41, 5.74) is 0. The molecule has 0 radical (unpaired) electrons. The molecule has 2 nitrogen and oxygen atoms in total. The maximum absolute atomic E-state index is 7.92. The van der Waals surface area contributed by atoms with Crippen LogP contribution in [0.2, 0.25) is 0 Å². The number of nitrogens with one attached hydrogen (secondary N) is 1. The van der Waals surface area contributed by atoms with Crippen LogP contribution in [-0.4, -0.2) is 34.8 Å². The zero-order valence-electron chi connectivity index (χ0n) is 9.01. The van der Waals surface area contributed by atoms with Crippen LogP contribution in [0.3, 0.4) is 0 Å². The van der Waals surface area contributed by atoms with Crippen molar-refractivity contribution in [3.8, 4) is 0 Å². The van der Waals surface area contributed by atoms with E-state index < -0.39 is 0 Å². The Hall–Kier alpha value is -0.180. The van der Waals surface area contributed by atoms with Crippen LogP contribution in [0.15, 0.2) is 0 Å². The molecule has 0 unspecified atom stereocenters. The summed E-state index contributed by atoms with van der Waals surface area (Å²) < 4.78 is 0.504. The Kier molecular flexibility index (Phi) is 3.05. The average Bonchev–Trinajstić information content (AvgIpc) is 2.14. The van der Waals surface area contributed by atoms with Gasteiger partial charge < -0.3 is 4.90 Å². The van der Waals surface area contributed by atoms with Crippen LogP contribution in [0.5, 0.6) is 0 Å². The minimum absolute atomic E-state index is 0.504. The lowest BCUT2D eigenvalue weighted by Gasteiger charge is -2.45. The normalized spacial score (nSPS) is 26.1. The van der Waals surface area contributed by atoms with Gasteiger partial charge in [0.2, 0.25) is 0 Å². The van der Waals surface area contributed by atoms with Crippen LogP contribution in [-0.2, 0) is 0 Å². The molecule has 0 bridgehead atoms. The van der Waals surface area contributed by atoms with Gasteiger partial charge in [-0.25, -0.2) is 0 Å². The highest BCUT2D eigenvalue weighted by Crippen LogP contribution is 2.43. The summed E-state index contributed by atoms with van der Waals surface area (Å²) in [5, 5.41) is 7.92. The Morgan fingerprint density at radius 2 is 2.14 bits per heavy atom. The van der Waals surface area contributed by atoms with Gasteiger partial charge in [0.05, 0.1) is 5.84 Å². The zero-order valence-corrected chi connectivity index (χ0v) is 9.83. The molecule has 3 heteroatoms. The van der Waals surface area contributed by atoms with E-state index in [1.165, 1.54) is 32.1 Å². The molecule has 0 aromatic carbocycles. The Balaban J connectivity index is 1.91. The molecule has 0 atom stereocenters. The number of likely N-dealkylation sites (tertiary alicyclic amines) is 1. The van der Waals surface area contributed by atoms with Crippen molar-refractivity contribution in [1.82, 2.24) is 4.90 Å². The van der Waals surface area contributed by atoms with E-state index in [2.05, 4.69) is 11.2 Å². The number of hydrogen-bond acceptors (Lipinski definition) is 2. The van der Waals surface area contributed by atoms with Gasteiger partial charge in [-0.15, -0.1) is 0 Å². The first kappa shape index (κ1) is 10.3. The number of amidine groups is 1. The predicted molar refractivity (Wildman–Crippen MR) is 63.2 cm³/mol. The second kappa shape index (κ2) is 4.13. The summed E-state index contributed by atoms with van der Waals surface area (Å²) in [6.45, 7) is 2.26. The fraction of sp³-hybridized carbons (Fsp3) is 0.909. The van der Waals surface area contributed by atoms with E-state index >= 15 is 0 Å². The van der Waals surface area contributed by atoms with Crippen molar-refractivity contribution in [2.24, 2.45) is 0 Å². The van der Waals surface area contributed by atoms with Crippen LogP contribution < -0.4 is 0 Å². The van der Waals surface area contributed by atoms with Gasteiger partial charge in [0.1, 0.15) is 0 Å². The number of piperidine rings is 1. The second-order valence-electron chi connectivity index (χ2n) is 4.57. The Bertz CT molecular complexity index is 218. The van der Waals surface area contributed by atoms with Crippen molar-refractivity contribution in [2.75, 3.05) is 19.3 Å². The summed E-state index contributed by atoms with van der Waals surface area (Å²) >= 11 is 2.02. The molecular weight excluding hydrogens is 192 g/mol. The minimum Gasteiger partial charge on any atom is -0.359 e. The molecule has 1 saturated carbocycles. The van der Waals surface area contributed by atoms with Crippen LogP contribution >= 0.6 is 11.8 Å². The average molecular weight is 212 g/mol. The van der Waals surface area contributed by atoms with Gasteiger partial charge in [-0.05, 0) is 31.9 Å². The lowest BCUT2D eigenvalue weighted by Crippen LogP contribution is -2.48. The molecule has 2 aliphatic rings. The minimum atomic E-state index is 0.504. The Morgan fingerprint density at radius 1 is 1.36 bits per heavy atom. The molecule has 1 N–H and O–H groups in total. The third-order valence-electron chi connectivity index (χ3n) is 3.65. The number of thioether (sulfide) groups is 1. The largest absolute Gasteiger partial charge is 0.359 e. The van der Waals surface area contributed by atoms with E-state index in [9.17, 15) is 0 Å². The van der Waals surface area contributed by atoms with E-state index in [0.717, 1.165) is 25.3 Å². The molecule has 80 valence electrons. The highest BCUT2D eigenvalue weighted by Gasteiger charge is 2.38. The molecule has 14 heavy (non-hydrogen) atoms. The first-order chi connectivity index (χ1) is 6.76. The van der Waals surface area contributed by atoms with E-state index in [1.54, 1.807) is 0 Å². The quantitative estimate of drug-likeness (QED) is 0.779. The zero-order chi connectivity index (χ0) is 10.0. The number of hydrogen-bond donors (Lipinski definition) is 1. The molecule has 0 amide bonds. The second-order valence-corrected chi connectivity index (χ2v) is 5.84. The Morgan fingerprint density at radius 3 is 2.64 bits per heavy atom. The summed E-state index contributed by atoms with van der Waals surface area (Å²) in [4.78, 5) is 2.32. The van der Waals surface area contributed by atoms with Crippen molar-refractivity contribution < 1.29 is 0 Å². The van der Waals surface area contributed by atoms with Gasteiger partial charge in [0, 0.05) is 24.3 Å². The van der Waals surface area contributed by atoms with Crippen molar-refractivity contribution in [3.05, 3.63) is 0 Å². The van der Waals surface area contributed by atoms with Crippen LogP contribution in [0.4, 0.5) is 0 Å². The monoisotopic (exact) mass is 212 g/mol. The smallest absolute Gasteiger partial charge is 0.0958 e. The summed E-state index contributed by atoms with van der Waals surface area (Å²) in [7, 11) is 0. The molecule has 0 spiro atoms. The predicted octanol–water partition coefficient (Wildman–Crippen LogP) is 2.74. The molecule has 2 fully saturated rings. The van der Waals surface area contributed by atoms with Gasteiger partial charge in [-0.3, -0.25) is 5.41 Å². The van der Waals surface area contributed by atoms with E-state index in [1.807, 2.05) is 11.8 Å².